The second kappa shape index (κ2) is 8.63. The van der Waals surface area contributed by atoms with Crippen LogP contribution in [0.15, 0.2) is 59.5 Å². The molecule has 4 rings (SSSR count). The monoisotopic (exact) mass is 447 g/mol. The van der Waals surface area contributed by atoms with Crippen molar-refractivity contribution in [2.75, 3.05) is 11.5 Å². The van der Waals surface area contributed by atoms with Crippen LogP contribution in [0.2, 0.25) is 0 Å². The number of nitrogens with zero attached hydrogens (tertiary/aromatic N) is 1. The Bertz CT molecular complexity index is 1230. The second-order valence-corrected chi connectivity index (χ2v) is 8.87. The first-order valence-electron chi connectivity index (χ1n) is 10.5. The molecule has 0 bridgehead atoms. The summed E-state index contributed by atoms with van der Waals surface area (Å²) in [6.45, 7) is 8.18. The maximum absolute atomic E-state index is 13.2. The van der Waals surface area contributed by atoms with Gasteiger partial charge in [0.05, 0.1) is 12.2 Å². The summed E-state index contributed by atoms with van der Waals surface area (Å²) in [5, 5.41) is 13.2. The van der Waals surface area contributed by atoms with E-state index in [4.69, 9.17) is 4.74 Å². The summed E-state index contributed by atoms with van der Waals surface area (Å²) in [4.78, 5) is 28.8. The Labute approximate surface area is 191 Å². The van der Waals surface area contributed by atoms with Crippen molar-refractivity contribution >= 4 is 34.5 Å². The van der Waals surface area contributed by atoms with E-state index in [9.17, 15) is 14.7 Å². The van der Waals surface area contributed by atoms with Gasteiger partial charge in [-0.1, -0.05) is 18.2 Å². The van der Waals surface area contributed by atoms with Gasteiger partial charge >= 0.3 is 0 Å². The van der Waals surface area contributed by atoms with Crippen LogP contribution in [0.1, 0.15) is 40.1 Å². The molecule has 32 heavy (non-hydrogen) atoms. The molecule has 0 radical (unpaired) electrons. The Hall–Kier alpha value is -3.38. The van der Waals surface area contributed by atoms with Gasteiger partial charge in [0, 0.05) is 16.1 Å². The van der Waals surface area contributed by atoms with Crippen molar-refractivity contribution in [3.63, 3.8) is 0 Å². The van der Waals surface area contributed by atoms with E-state index in [0.29, 0.717) is 17.9 Å². The zero-order valence-corrected chi connectivity index (χ0v) is 19.3. The molecule has 5 nitrogen and oxygen atoms in total. The maximum Gasteiger partial charge on any atom is 0.300 e. The normalized spacial score (nSPS) is 17.8. The SMILES string of the molecule is CCOc1ccc(/C(O)=C2/C(=O)C(=O)N(c3cc(C)ccc3C)C2c2cccs2)cc1C. The van der Waals surface area contributed by atoms with Gasteiger partial charge < -0.3 is 9.84 Å². The van der Waals surface area contributed by atoms with Crippen molar-refractivity contribution in [1.82, 2.24) is 0 Å². The van der Waals surface area contributed by atoms with Crippen LogP contribution < -0.4 is 9.64 Å². The molecule has 2 heterocycles. The molecular weight excluding hydrogens is 422 g/mol. The number of aliphatic hydroxyl groups is 1. The minimum absolute atomic E-state index is 0.0990. The van der Waals surface area contributed by atoms with E-state index in [1.807, 2.05) is 63.4 Å². The Kier molecular flexibility index (Phi) is 5.89. The fourth-order valence-electron chi connectivity index (χ4n) is 4.05. The number of anilines is 1. The third-order valence-corrected chi connectivity index (χ3v) is 6.55. The van der Waals surface area contributed by atoms with E-state index in [1.54, 1.807) is 18.2 Å². The van der Waals surface area contributed by atoms with Crippen molar-refractivity contribution in [3.05, 3.63) is 86.6 Å². The molecule has 6 heteroatoms. The summed E-state index contributed by atoms with van der Waals surface area (Å²) in [7, 11) is 0. The number of rotatable bonds is 5. The lowest BCUT2D eigenvalue weighted by Gasteiger charge is -2.26. The molecule has 1 fully saturated rings. The number of hydrogen-bond acceptors (Lipinski definition) is 5. The van der Waals surface area contributed by atoms with Crippen molar-refractivity contribution in [2.45, 2.75) is 33.7 Å². The number of hydrogen-bond donors (Lipinski definition) is 1. The summed E-state index contributed by atoms with van der Waals surface area (Å²) in [6.07, 6.45) is 0. The van der Waals surface area contributed by atoms with E-state index < -0.39 is 17.7 Å². The molecule has 1 aliphatic heterocycles. The first kappa shape index (κ1) is 21.8. The molecule has 1 unspecified atom stereocenters. The van der Waals surface area contributed by atoms with Crippen LogP contribution in [0.3, 0.4) is 0 Å². The van der Waals surface area contributed by atoms with Gasteiger partial charge in [-0.3, -0.25) is 14.5 Å². The number of carbonyl (C=O) groups excluding carboxylic acids is 2. The van der Waals surface area contributed by atoms with Crippen molar-refractivity contribution in [3.8, 4) is 5.75 Å². The van der Waals surface area contributed by atoms with Crippen LogP contribution in [0, 0.1) is 20.8 Å². The highest BCUT2D eigenvalue weighted by Gasteiger charge is 2.47. The predicted octanol–water partition coefficient (Wildman–Crippen LogP) is 5.70. The quantitative estimate of drug-likeness (QED) is 0.310. The van der Waals surface area contributed by atoms with Crippen LogP contribution in [0.4, 0.5) is 5.69 Å². The maximum atomic E-state index is 13.2. The Morgan fingerprint density at radius 3 is 2.50 bits per heavy atom. The standard InChI is InChI=1S/C26H25NO4S/c1-5-31-20-11-10-18(14-17(20)4)24(28)22-23(21-7-6-12-32-21)27(26(30)25(22)29)19-13-15(2)8-9-16(19)3/h6-14,23,28H,5H2,1-4H3/b24-22-. The average Bonchev–Trinajstić information content (AvgIpc) is 3.38. The van der Waals surface area contributed by atoms with E-state index >= 15 is 0 Å². The van der Waals surface area contributed by atoms with Crippen LogP contribution >= 0.6 is 11.3 Å². The fourth-order valence-corrected chi connectivity index (χ4v) is 4.87. The minimum Gasteiger partial charge on any atom is -0.507 e. The minimum atomic E-state index is -0.692. The number of carbonyl (C=O) groups is 2. The van der Waals surface area contributed by atoms with Gasteiger partial charge in [0.1, 0.15) is 17.6 Å². The average molecular weight is 448 g/mol. The Balaban J connectivity index is 1.91. The third kappa shape index (κ3) is 3.71. The molecule has 1 aromatic heterocycles. The van der Waals surface area contributed by atoms with E-state index in [1.165, 1.54) is 16.2 Å². The molecule has 164 valence electrons. The van der Waals surface area contributed by atoms with Gasteiger partial charge in [-0.15, -0.1) is 11.3 Å². The summed E-state index contributed by atoms with van der Waals surface area (Å²) in [5.74, 6) is -0.787. The smallest absolute Gasteiger partial charge is 0.300 e. The lowest BCUT2D eigenvalue weighted by molar-refractivity contribution is -0.132. The van der Waals surface area contributed by atoms with E-state index in [2.05, 4.69) is 0 Å². The number of aryl methyl sites for hydroxylation is 3. The molecule has 0 saturated carbocycles. The van der Waals surface area contributed by atoms with Crippen molar-refractivity contribution in [2.24, 2.45) is 0 Å². The first-order valence-corrected chi connectivity index (χ1v) is 11.4. The van der Waals surface area contributed by atoms with Gasteiger partial charge in [0.2, 0.25) is 0 Å². The zero-order chi connectivity index (χ0) is 23.0. The Morgan fingerprint density at radius 1 is 1.06 bits per heavy atom. The van der Waals surface area contributed by atoms with Gasteiger partial charge in [-0.25, -0.2) is 0 Å². The molecule has 1 saturated heterocycles. The van der Waals surface area contributed by atoms with Crippen LogP contribution in [-0.2, 0) is 9.59 Å². The highest BCUT2D eigenvalue weighted by molar-refractivity contribution is 7.10. The highest BCUT2D eigenvalue weighted by Crippen LogP contribution is 2.44. The summed E-state index contributed by atoms with van der Waals surface area (Å²) < 4.78 is 5.59. The molecule has 2 aromatic carbocycles. The van der Waals surface area contributed by atoms with Gasteiger partial charge in [-0.2, -0.15) is 0 Å². The van der Waals surface area contributed by atoms with Crippen molar-refractivity contribution in [1.29, 1.82) is 0 Å². The Morgan fingerprint density at radius 2 is 1.84 bits per heavy atom. The lowest BCUT2D eigenvalue weighted by atomic mass is 9.98. The number of thiophene rings is 1. The number of ether oxygens (including phenoxy) is 1. The van der Waals surface area contributed by atoms with Gasteiger partial charge in [-0.05, 0) is 80.1 Å². The molecule has 3 aromatic rings. The fraction of sp³-hybridized carbons (Fsp3) is 0.231. The molecule has 1 amide bonds. The lowest BCUT2D eigenvalue weighted by Crippen LogP contribution is -2.29. The number of amides is 1. The largest absolute Gasteiger partial charge is 0.507 e. The predicted molar refractivity (Wildman–Crippen MR) is 127 cm³/mol. The number of aliphatic hydroxyl groups excluding tert-OH is 1. The molecular formula is C26H25NO4S. The molecule has 0 spiro atoms. The second-order valence-electron chi connectivity index (χ2n) is 7.89. The summed E-state index contributed by atoms with van der Waals surface area (Å²) in [6, 6.07) is 14.1. The zero-order valence-electron chi connectivity index (χ0n) is 18.5. The summed E-state index contributed by atoms with van der Waals surface area (Å²) >= 11 is 1.45. The highest BCUT2D eigenvalue weighted by atomic mass is 32.1. The van der Waals surface area contributed by atoms with Crippen LogP contribution in [-0.4, -0.2) is 23.4 Å². The molecule has 0 aliphatic carbocycles. The summed E-state index contributed by atoms with van der Waals surface area (Å²) in [5.41, 5.74) is 3.96. The van der Waals surface area contributed by atoms with Gasteiger partial charge in [0.15, 0.2) is 0 Å². The molecule has 1 aliphatic rings. The number of benzene rings is 2. The van der Waals surface area contributed by atoms with Crippen molar-refractivity contribution < 1.29 is 19.4 Å². The molecule has 1 N–H and O–H groups in total. The molecule has 1 atom stereocenters. The van der Waals surface area contributed by atoms with Crippen LogP contribution in [0.5, 0.6) is 5.75 Å². The number of Topliss-reactive ketones (excluding diaryl/α,β-unsaturated/α-hetero) is 1. The van der Waals surface area contributed by atoms with Gasteiger partial charge in [0.25, 0.3) is 11.7 Å². The first-order chi connectivity index (χ1) is 15.3. The van der Waals surface area contributed by atoms with E-state index in [0.717, 1.165) is 27.3 Å². The number of ketones is 1. The van der Waals surface area contributed by atoms with E-state index in [-0.39, 0.29) is 11.3 Å². The third-order valence-electron chi connectivity index (χ3n) is 5.63. The topological polar surface area (TPSA) is 66.8 Å². The van der Waals surface area contributed by atoms with Crippen LogP contribution in [0.25, 0.3) is 5.76 Å².